The van der Waals surface area contributed by atoms with Crippen molar-refractivity contribution in [3.8, 4) is 0 Å². The van der Waals surface area contributed by atoms with Crippen molar-refractivity contribution < 1.29 is 23.8 Å². The average molecular weight is 214 g/mol. The Balaban J connectivity index is 2.09. The maximum atomic E-state index is 10.9. The fourth-order valence-electron chi connectivity index (χ4n) is 1.08. The summed E-state index contributed by atoms with van der Waals surface area (Å²) in [4.78, 5) is 21.9. The second-order valence-corrected chi connectivity index (χ2v) is 3.23. The van der Waals surface area contributed by atoms with E-state index in [0.29, 0.717) is 18.6 Å². The van der Waals surface area contributed by atoms with E-state index >= 15 is 0 Å². The van der Waals surface area contributed by atoms with Gasteiger partial charge in [0, 0.05) is 12.0 Å². The highest BCUT2D eigenvalue weighted by Crippen LogP contribution is 2.09. The molecule has 0 aromatic heterocycles. The molecule has 0 N–H and O–H groups in total. The second-order valence-electron chi connectivity index (χ2n) is 3.23. The Morgan fingerprint density at radius 3 is 2.87 bits per heavy atom. The fourth-order valence-corrected chi connectivity index (χ4v) is 1.08. The third kappa shape index (κ3) is 3.71. The van der Waals surface area contributed by atoms with Gasteiger partial charge in [-0.2, -0.15) is 0 Å². The van der Waals surface area contributed by atoms with E-state index in [1.54, 1.807) is 6.92 Å². The molecular formula is C10H14O5. The molecule has 1 rings (SSSR count). The van der Waals surface area contributed by atoms with E-state index in [-0.39, 0.29) is 19.2 Å². The van der Waals surface area contributed by atoms with E-state index in [4.69, 9.17) is 14.2 Å². The zero-order chi connectivity index (χ0) is 11.3. The Labute approximate surface area is 88.0 Å². The Bertz CT molecular complexity index is 271. The largest absolute Gasteiger partial charge is 0.464 e. The van der Waals surface area contributed by atoms with Crippen molar-refractivity contribution in [2.45, 2.75) is 19.4 Å². The molecule has 84 valence electrons. The minimum Gasteiger partial charge on any atom is -0.464 e. The van der Waals surface area contributed by atoms with Gasteiger partial charge in [-0.3, -0.25) is 0 Å². The minimum atomic E-state index is -0.506. The zero-order valence-corrected chi connectivity index (χ0v) is 8.65. The molecule has 1 heterocycles. The molecule has 1 aliphatic heterocycles. The Hall–Kier alpha value is -1.36. The fraction of sp³-hybridized carbons (Fsp3) is 0.600. The normalized spacial score (nSPS) is 19.8. The highest BCUT2D eigenvalue weighted by Gasteiger charge is 2.26. The molecule has 0 amide bonds. The lowest BCUT2D eigenvalue weighted by molar-refractivity contribution is -0.149. The number of carbonyl (C=O) groups is 2. The van der Waals surface area contributed by atoms with Crippen LogP contribution in [0.15, 0.2) is 12.2 Å². The van der Waals surface area contributed by atoms with Gasteiger partial charge in [0.1, 0.15) is 6.61 Å². The SMILES string of the molecule is C=C(C)C(=O)OCCOC1CCOC1=O. The monoisotopic (exact) mass is 214 g/mol. The summed E-state index contributed by atoms with van der Waals surface area (Å²) < 4.78 is 14.6. The quantitative estimate of drug-likeness (QED) is 0.377. The number of cyclic esters (lactones) is 1. The first kappa shape index (κ1) is 11.7. The van der Waals surface area contributed by atoms with E-state index in [9.17, 15) is 9.59 Å². The molecule has 0 saturated carbocycles. The van der Waals surface area contributed by atoms with Gasteiger partial charge in [0.2, 0.25) is 0 Å². The molecule has 1 atom stereocenters. The maximum absolute atomic E-state index is 10.9. The number of rotatable bonds is 5. The van der Waals surface area contributed by atoms with Gasteiger partial charge < -0.3 is 14.2 Å². The molecule has 5 nitrogen and oxygen atoms in total. The number of ether oxygens (including phenoxy) is 3. The smallest absolute Gasteiger partial charge is 0.335 e. The van der Waals surface area contributed by atoms with Crippen LogP contribution >= 0.6 is 0 Å². The van der Waals surface area contributed by atoms with E-state index in [1.165, 1.54) is 0 Å². The molecule has 0 spiro atoms. The summed E-state index contributed by atoms with van der Waals surface area (Å²) in [5, 5.41) is 0. The third-order valence-electron chi connectivity index (χ3n) is 1.87. The second kappa shape index (κ2) is 5.50. The predicted molar refractivity (Wildman–Crippen MR) is 51.1 cm³/mol. The lowest BCUT2D eigenvalue weighted by Gasteiger charge is -2.08. The van der Waals surface area contributed by atoms with E-state index < -0.39 is 12.1 Å². The number of hydrogen-bond donors (Lipinski definition) is 0. The van der Waals surface area contributed by atoms with Crippen molar-refractivity contribution in [3.63, 3.8) is 0 Å². The van der Waals surface area contributed by atoms with Crippen molar-refractivity contribution in [2.75, 3.05) is 19.8 Å². The third-order valence-corrected chi connectivity index (χ3v) is 1.87. The molecule has 1 fully saturated rings. The van der Waals surface area contributed by atoms with Crippen molar-refractivity contribution in [2.24, 2.45) is 0 Å². The van der Waals surface area contributed by atoms with Gasteiger partial charge in [-0.05, 0) is 6.92 Å². The van der Waals surface area contributed by atoms with E-state index in [2.05, 4.69) is 6.58 Å². The summed E-state index contributed by atoms with van der Waals surface area (Å²) in [5.74, 6) is -0.797. The molecule has 0 aromatic rings. The first-order valence-corrected chi connectivity index (χ1v) is 4.72. The van der Waals surface area contributed by atoms with Gasteiger partial charge in [0.15, 0.2) is 6.10 Å². The molecule has 1 saturated heterocycles. The van der Waals surface area contributed by atoms with Gasteiger partial charge in [-0.1, -0.05) is 6.58 Å². The minimum absolute atomic E-state index is 0.121. The van der Waals surface area contributed by atoms with Crippen molar-refractivity contribution in [1.82, 2.24) is 0 Å². The molecular weight excluding hydrogens is 200 g/mol. The molecule has 0 radical (unpaired) electrons. The highest BCUT2D eigenvalue weighted by atomic mass is 16.6. The first-order chi connectivity index (χ1) is 7.11. The summed E-state index contributed by atoms with van der Waals surface area (Å²) in [7, 11) is 0. The van der Waals surface area contributed by atoms with Crippen molar-refractivity contribution >= 4 is 11.9 Å². The van der Waals surface area contributed by atoms with Gasteiger partial charge in [-0.15, -0.1) is 0 Å². The van der Waals surface area contributed by atoms with Gasteiger partial charge >= 0.3 is 11.9 Å². The first-order valence-electron chi connectivity index (χ1n) is 4.72. The van der Waals surface area contributed by atoms with Crippen LogP contribution in [-0.4, -0.2) is 37.9 Å². The van der Waals surface area contributed by atoms with Crippen LogP contribution in [0.4, 0.5) is 0 Å². The maximum Gasteiger partial charge on any atom is 0.335 e. The number of hydrogen-bond acceptors (Lipinski definition) is 5. The van der Waals surface area contributed by atoms with Gasteiger partial charge in [0.25, 0.3) is 0 Å². The molecule has 1 aliphatic rings. The average Bonchev–Trinajstić information content (AvgIpc) is 2.58. The summed E-state index contributed by atoms with van der Waals surface area (Å²) in [6.45, 7) is 5.71. The summed E-state index contributed by atoms with van der Waals surface area (Å²) in [6, 6.07) is 0. The standard InChI is InChI=1S/C10H14O5/c1-7(2)9(11)15-6-5-13-8-3-4-14-10(8)12/h8H,1,3-6H2,2H3. The van der Waals surface area contributed by atoms with Crippen LogP contribution in [0.5, 0.6) is 0 Å². The van der Waals surface area contributed by atoms with Crippen LogP contribution in [0.3, 0.4) is 0 Å². The van der Waals surface area contributed by atoms with Crippen LogP contribution in [-0.2, 0) is 23.8 Å². The van der Waals surface area contributed by atoms with Crippen LogP contribution < -0.4 is 0 Å². The van der Waals surface area contributed by atoms with Crippen molar-refractivity contribution in [1.29, 1.82) is 0 Å². The molecule has 0 aliphatic carbocycles. The topological polar surface area (TPSA) is 61.8 Å². The Kier molecular flexibility index (Phi) is 4.30. The summed E-state index contributed by atoms with van der Waals surface area (Å²) in [6.07, 6.45) is 0.0568. The molecule has 5 heteroatoms. The Morgan fingerprint density at radius 2 is 2.33 bits per heavy atom. The molecule has 1 unspecified atom stereocenters. The summed E-state index contributed by atoms with van der Waals surface area (Å²) >= 11 is 0. The van der Waals surface area contributed by atoms with Crippen molar-refractivity contribution in [3.05, 3.63) is 12.2 Å². The number of esters is 2. The molecule has 15 heavy (non-hydrogen) atoms. The molecule has 0 aromatic carbocycles. The van der Waals surface area contributed by atoms with Crippen LogP contribution in [0.25, 0.3) is 0 Å². The Morgan fingerprint density at radius 1 is 1.60 bits per heavy atom. The van der Waals surface area contributed by atoms with Gasteiger partial charge in [0.05, 0.1) is 13.2 Å². The van der Waals surface area contributed by atoms with Crippen LogP contribution in [0.1, 0.15) is 13.3 Å². The van der Waals surface area contributed by atoms with Crippen LogP contribution in [0, 0.1) is 0 Å². The van der Waals surface area contributed by atoms with Gasteiger partial charge in [-0.25, -0.2) is 9.59 Å². The summed E-state index contributed by atoms with van der Waals surface area (Å²) in [5.41, 5.74) is 0.343. The molecule has 0 bridgehead atoms. The highest BCUT2D eigenvalue weighted by molar-refractivity contribution is 5.86. The van der Waals surface area contributed by atoms with E-state index in [0.717, 1.165) is 0 Å². The van der Waals surface area contributed by atoms with Crippen LogP contribution in [0.2, 0.25) is 0 Å². The predicted octanol–water partition coefficient (Wildman–Crippen LogP) is 0.438. The zero-order valence-electron chi connectivity index (χ0n) is 8.65. The number of carbonyl (C=O) groups excluding carboxylic acids is 2. The lowest BCUT2D eigenvalue weighted by atomic mass is 10.3. The lowest BCUT2D eigenvalue weighted by Crippen LogP contribution is -2.21. The van der Waals surface area contributed by atoms with E-state index in [1.807, 2.05) is 0 Å².